The molecule has 4 saturated carbocycles. The van der Waals surface area contributed by atoms with Gasteiger partial charge in [-0.25, -0.2) is 17.9 Å². The molecule has 4 bridgehead atoms. The Labute approximate surface area is 206 Å². The molecule has 7 rings (SSSR count). The summed E-state index contributed by atoms with van der Waals surface area (Å²) in [4.78, 5) is 12.6. The van der Waals surface area contributed by atoms with E-state index in [1.165, 1.54) is 19.3 Å². The third-order valence-electron chi connectivity index (χ3n) is 8.00. The molecule has 0 aromatic heterocycles. The van der Waals surface area contributed by atoms with E-state index in [1.807, 2.05) is 36.4 Å². The second-order valence-electron chi connectivity index (χ2n) is 10.7. The summed E-state index contributed by atoms with van der Waals surface area (Å²) in [6.45, 7) is 0.176. The molecule has 0 radical (unpaired) electrons. The number of sulfonamides is 1. The van der Waals surface area contributed by atoms with Gasteiger partial charge in [0.15, 0.2) is 0 Å². The summed E-state index contributed by atoms with van der Waals surface area (Å²) >= 11 is 0. The number of ether oxygens (including phenoxy) is 1. The minimum atomic E-state index is -3.65. The molecular formula is C28H30N2O4S. The van der Waals surface area contributed by atoms with Gasteiger partial charge in [0.05, 0.1) is 10.6 Å². The highest BCUT2D eigenvalue weighted by Gasteiger charge is 2.52. The minimum absolute atomic E-state index is 0.176. The van der Waals surface area contributed by atoms with Crippen LogP contribution in [0.2, 0.25) is 0 Å². The summed E-state index contributed by atoms with van der Waals surface area (Å²) in [5, 5.41) is 4.30. The van der Waals surface area contributed by atoms with E-state index in [-0.39, 0.29) is 17.0 Å². The Hall–Kier alpha value is -2.90. The van der Waals surface area contributed by atoms with Crippen molar-refractivity contribution in [1.82, 2.24) is 4.72 Å². The average molecular weight is 491 g/mol. The first-order valence-corrected chi connectivity index (χ1v) is 13.9. The zero-order valence-electron chi connectivity index (χ0n) is 19.6. The molecule has 35 heavy (non-hydrogen) atoms. The van der Waals surface area contributed by atoms with Gasteiger partial charge in [-0.05, 0) is 85.4 Å². The van der Waals surface area contributed by atoms with Crippen molar-refractivity contribution in [3.8, 4) is 0 Å². The van der Waals surface area contributed by atoms with Crippen molar-refractivity contribution in [3.05, 3.63) is 72.3 Å². The minimum Gasteiger partial charge on any atom is -0.444 e. The van der Waals surface area contributed by atoms with E-state index in [4.69, 9.17) is 4.74 Å². The number of carbonyl (C=O) groups is 1. The molecule has 3 aromatic rings. The van der Waals surface area contributed by atoms with Crippen molar-refractivity contribution >= 4 is 32.6 Å². The summed E-state index contributed by atoms with van der Waals surface area (Å²) in [7, 11) is -3.65. The van der Waals surface area contributed by atoms with Crippen molar-refractivity contribution in [2.45, 2.75) is 55.6 Å². The quantitative estimate of drug-likeness (QED) is 0.455. The summed E-state index contributed by atoms with van der Waals surface area (Å²) in [6.07, 6.45) is 6.13. The van der Waals surface area contributed by atoms with Crippen LogP contribution in [0.15, 0.2) is 71.6 Å². The van der Waals surface area contributed by atoms with Crippen LogP contribution in [-0.4, -0.2) is 20.0 Å². The molecule has 182 valence electrons. The number of benzene rings is 3. The standard InChI is InChI=1S/C28H30N2O4S/c31-27(34-18-19-5-2-1-3-6-19)29-26-8-4-7-23-14-24(9-10-25(23)26)35(32,33)30-28-15-20-11-21(16-28)13-22(12-20)17-28/h1-10,14,20-22,30H,11-13,15-18H2,(H,29,31). The van der Waals surface area contributed by atoms with Gasteiger partial charge in [0, 0.05) is 10.9 Å². The Morgan fingerprint density at radius 3 is 2.26 bits per heavy atom. The number of amides is 1. The number of rotatable bonds is 6. The predicted octanol–water partition coefficient (Wildman–Crippen LogP) is 5.84. The highest BCUT2D eigenvalue weighted by Crippen LogP contribution is 2.56. The van der Waals surface area contributed by atoms with Gasteiger partial charge in [-0.15, -0.1) is 0 Å². The number of carbonyl (C=O) groups excluding carboxylic acids is 1. The van der Waals surface area contributed by atoms with Crippen molar-refractivity contribution in [3.63, 3.8) is 0 Å². The molecule has 3 aromatic carbocycles. The molecular weight excluding hydrogens is 460 g/mol. The van der Waals surface area contributed by atoms with Crippen LogP contribution < -0.4 is 10.0 Å². The first-order chi connectivity index (χ1) is 16.9. The van der Waals surface area contributed by atoms with E-state index in [0.717, 1.165) is 35.6 Å². The smallest absolute Gasteiger partial charge is 0.411 e. The lowest BCUT2D eigenvalue weighted by Gasteiger charge is -2.56. The fourth-order valence-corrected chi connectivity index (χ4v) is 8.45. The van der Waals surface area contributed by atoms with E-state index in [9.17, 15) is 13.2 Å². The molecule has 2 N–H and O–H groups in total. The third kappa shape index (κ3) is 4.55. The van der Waals surface area contributed by atoms with Gasteiger partial charge < -0.3 is 4.74 Å². The maximum atomic E-state index is 13.4. The maximum absolute atomic E-state index is 13.4. The van der Waals surface area contributed by atoms with Crippen molar-refractivity contribution in [2.75, 3.05) is 5.32 Å². The normalized spacial score (nSPS) is 27.1. The fraction of sp³-hybridized carbons (Fsp3) is 0.393. The second-order valence-corrected chi connectivity index (χ2v) is 12.4. The van der Waals surface area contributed by atoms with Gasteiger partial charge in [0.25, 0.3) is 0 Å². The van der Waals surface area contributed by atoms with Crippen molar-refractivity contribution in [1.29, 1.82) is 0 Å². The van der Waals surface area contributed by atoms with E-state index in [1.54, 1.807) is 30.3 Å². The molecule has 4 aliphatic carbocycles. The highest BCUT2D eigenvalue weighted by molar-refractivity contribution is 7.89. The first kappa shape index (κ1) is 22.6. The number of hydrogen-bond acceptors (Lipinski definition) is 4. The van der Waals surface area contributed by atoms with Crippen LogP contribution in [0.4, 0.5) is 10.5 Å². The van der Waals surface area contributed by atoms with Crippen LogP contribution in [0.3, 0.4) is 0 Å². The topological polar surface area (TPSA) is 84.5 Å². The molecule has 0 atom stereocenters. The Morgan fingerprint density at radius 1 is 0.886 bits per heavy atom. The molecule has 0 unspecified atom stereocenters. The average Bonchev–Trinajstić information content (AvgIpc) is 2.82. The monoisotopic (exact) mass is 490 g/mol. The maximum Gasteiger partial charge on any atom is 0.411 e. The number of anilines is 1. The van der Waals surface area contributed by atoms with Gasteiger partial charge in [-0.2, -0.15) is 0 Å². The molecule has 6 nitrogen and oxygen atoms in total. The van der Waals surface area contributed by atoms with Gasteiger partial charge in [-0.3, -0.25) is 5.32 Å². The Kier molecular flexibility index (Phi) is 5.57. The molecule has 0 heterocycles. The van der Waals surface area contributed by atoms with Crippen molar-refractivity contribution in [2.24, 2.45) is 17.8 Å². The fourth-order valence-electron chi connectivity index (χ4n) is 6.99. The zero-order valence-corrected chi connectivity index (χ0v) is 20.4. The van der Waals surface area contributed by atoms with E-state index < -0.39 is 16.1 Å². The van der Waals surface area contributed by atoms with Crippen LogP contribution in [0.1, 0.15) is 44.1 Å². The molecule has 7 heteroatoms. The largest absolute Gasteiger partial charge is 0.444 e. The SMILES string of the molecule is O=C(Nc1cccc2cc(S(=O)(=O)NC34CC5CC(CC(C5)C3)C4)ccc12)OCc1ccccc1. The Balaban J connectivity index is 1.19. The van der Waals surface area contributed by atoms with E-state index >= 15 is 0 Å². The van der Waals surface area contributed by atoms with Gasteiger partial charge >= 0.3 is 6.09 Å². The Morgan fingerprint density at radius 2 is 1.57 bits per heavy atom. The summed E-state index contributed by atoms with van der Waals surface area (Å²) in [5.41, 5.74) is 1.20. The van der Waals surface area contributed by atoms with E-state index in [2.05, 4.69) is 10.0 Å². The molecule has 4 fully saturated rings. The number of fused-ring (bicyclic) bond motifs is 1. The molecule has 0 aliphatic heterocycles. The van der Waals surface area contributed by atoms with Crippen LogP contribution in [0, 0.1) is 17.8 Å². The van der Waals surface area contributed by atoms with Gasteiger partial charge in [-0.1, -0.05) is 48.5 Å². The summed E-state index contributed by atoms with van der Waals surface area (Å²) < 4.78 is 35.4. The van der Waals surface area contributed by atoms with Gasteiger partial charge in [0.1, 0.15) is 6.61 Å². The van der Waals surface area contributed by atoms with Crippen LogP contribution in [0.25, 0.3) is 10.8 Å². The molecule has 0 saturated heterocycles. The molecule has 0 spiro atoms. The summed E-state index contributed by atoms with van der Waals surface area (Å²) in [5.74, 6) is 1.99. The summed E-state index contributed by atoms with van der Waals surface area (Å²) in [6, 6.07) is 20.0. The second kappa shape index (κ2) is 8.64. The first-order valence-electron chi connectivity index (χ1n) is 12.4. The van der Waals surface area contributed by atoms with Gasteiger partial charge in [0.2, 0.25) is 10.0 Å². The van der Waals surface area contributed by atoms with E-state index in [0.29, 0.717) is 23.4 Å². The zero-order chi connectivity index (χ0) is 24.0. The Bertz CT molecular complexity index is 1330. The lowest BCUT2D eigenvalue weighted by molar-refractivity contribution is -0.00810. The van der Waals surface area contributed by atoms with Crippen LogP contribution in [0.5, 0.6) is 0 Å². The lowest BCUT2D eigenvalue weighted by atomic mass is 9.53. The lowest BCUT2D eigenvalue weighted by Crippen LogP contribution is -2.59. The molecule has 4 aliphatic rings. The number of nitrogens with one attached hydrogen (secondary N) is 2. The van der Waals surface area contributed by atoms with Crippen LogP contribution >= 0.6 is 0 Å². The van der Waals surface area contributed by atoms with Crippen LogP contribution in [-0.2, 0) is 21.4 Å². The van der Waals surface area contributed by atoms with Crippen molar-refractivity contribution < 1.29 is 17.9 Å². The third-order valence-corrected chi connectivity index (χ3v) is 9.58. The highest BCUT2D eigenvalue weighted by atomic mass is 32.2. The predicted molar refractivity (Wildman–Crippen MR) is 135 cm³/mol. The number of hydrogen-bond donors (Lipinski definition) is 2. The molecule has 1 amide bonds.